The summed E-state index contributed by atoms with van der Waals surface area (Å²) in [6, 6.07) is 0. The fraction of sp³-hybridized carbons (Fsp3) is 0.875. The van der Waals surface area contributed by atoms with Crippen LogP contribution in [-0.4, -0.2) is 34.8 Å². The zero-order valence-corrected chi connectivity index (χ0v) is 13.3. The number of hydrogen-bond donors (Lipinski definition) is 2. The average Bonchev–Trinajstić information content (AvgIpc) is 3.17. The molecule has 2 aliphatic rings. The number of aryl methyl sites for hydroxylation is 1. The molecule has 1 aliphatic carbocycles. The van der Waals surface area contributed by atoms with E-state index in [0.29, 0.717) is 0 Å². The summed E-state index contributed by atoms with van der Waals surface area (Å²) in [6.45, 7) is 5.04. The van der Waals surface area contributed by atoms with Crippen LogP contribution in [0.4, 0.5) is 5.95 Å². The van der Waals surface area contributed by atoms with Gasteiger partial charge in [-0.15, -0.1) is 5.10 Å². The van der Waals surface area contributed by atoms with E-state index >= 15 is 0 Å². The molecular weight excluding hydrogens is 262 g/mol. The average molecular weight is 291 g/mol. The molecular formula is C16H29N5. The Bertz CT molecular complexity index is 451. The van der Waals surface area contributed by atoms with Crippen molar-refractivity contribution in [1.82, 2.24) is 15.2 Å². The topological polar surface area (TPSA) is 70.8 Å². The van der Waals surface area contributed by atoms with Crippen molar-refractivity contribution >= 4 is 5.95 Å². The maximum atomic E-state index is 5.93. The second kappa shape index (κ2) is 6.34. The van der Waals surface area contributed by atoms with Crippen LogP contribution in [0.3, 0.4) is 0 Å². The van der Waals surface area contributed by atoms with Crippen molar-refractivity contribution < 1.29 is 0 Å². The molecule has 0 spiro atoms. The Morgan fingerprint density at radius 3 is 2.90 bits per heavy atom. The van der Waals surface area contributed by atoms with E-state index in [1.165, 1.54) is 44.9 Å². The van der Waals surface area contributed by atoms with Gasteiger partial charge in [0.2, 0.25) is 5.95 Å². The van der Waals surface area contributed by atoms with Gasteiger partial charge in [0.25, 0.3) is 0 Å². The Labute approximate surface area is 127 Å². The minimum atomic E-state index is 0.211. The molecule has 0 bridgehead atoms. The number of aromatic amines is 1. The largest absolute Gasteiger partial charge is 0.339 e. The van der Waals surface area contributed by atoms with Crippen molar-refractivity contribution in [2.75, 3.05) is 24.5 Å². The SMILES string of the molecule is CC1(CN)CCCN(c2n[nH]c(CCC3CCCC3)n2)C1. The molecule has 5 heteroatoms. The number of aromatic nitrogens is 3. The molecule has 1 atom stereocenters. The Hall–Kier alpha value is -1.10. The Morgan fingerprint density at radius 1 is 1.33 bits per heavy atom. The van der Waals surface area contributed by atoms with Gasteiger partial charge in [-0.25, -0.2) is 0 Å². The summed E-state index contributed by atoms with van der Waals surface area (Å²) < 4.78 is 0. The van der Waals surface area contributed by atoms with Crippen molar-refractivity contribution in [3.63, 3.8) is 0 Å². The molecule has 1 aromatic heterocycles. The molecule has 21 heavy (non-hydrogen) atoms. The minimum Gasteiger partial charge on any atom is -0.339 e. The van der Waals surface area contributed by atoms with Gasteiger partial charge in [0.15, 0.2) is 0 Å². The number of piperidine rings is 1. The lowest BCUT2D eigenvalue weighted by Crippen LogP contribution is -2.46. The molecule has 5 nitrogen and oxygen atoms in total. The highest BCUT2D eigenvalue weighted by Gasteiger charge is 2.31. The van der Waals surface area contributed by atoms with Crippen molar-refractivity contribution in [3.8, 4) is 0 Å². The van der Waals surface area contributed by atoms with Crippen molar-refractivity contribution in [3.05, 3.63) is 5.82 Å². The van der Waals surface area contributed by atoms with E-state index in [-0.39, 0.29) is 5.41 Å². The van der Waals surface area contributed by atoms with Crippen LogP contribution < -0.4 is 10.6 Å². The maximum Gasteiger partial charge on any atom is 0.244 e. The predicted octanol–water partition coefficient (Wildman–Crippen LogP) is 2.49. The molecule has 1 aliphatic heterocycles. The van der Waals surface area contributed by atoms with Crippen LogP contribution in [0.15, 0.2) is 0 Å². The molecule has 2 heterocycles. The summed E-state index contributed by atoms with van der Waals surface area (Å²) in [4.78, 5) is 7.01. The van der Waals surface area contributed by atoms with Gasteiger partial charge in [-0.05, 0) is 37.1 Å². The second-order valence-corrected chi connectivity index (χ2v) is 7.31. The lowest BCUT2D eigenvalue weighted by molar-refractivity contribution is 0.270. The van der Waals surface area contributed by atoms with Crippen LogP contribution >= 0.6 is 0 Å². The zero-order valence-electron chi connectivity index (χ0n) is 13.3. The van der Waals surface area contributed by atoms with E-state index in [4.69, 9.17) is 10.7 Å². The van der Waals surface area contributed by atoms with E-state index in [9.17, 15) is 0 Å². The zero-order chi connectivity index (χ0) is 14.7. The number of anilines is 1. The maximum absolute atomic E-state index is 5.93. The van der Waals surface area contributed by atoms with Crippen molar-refractivity contribution in [1.29, 1.82) is 0 Å². The highest BCUT2D eigenvalue weighted by molar-refractivity contribution is 5.30. The van der Waals surface area contributed by atoms with Crippen LogP contribution in [0.1, 0.15) is 57.7 Å². The molecule has 1 aromatic rings. The first-order chi connectivity index (χ1) is 10.2. The van der Waals surface area contributed by atoms with E-state index in [1.54, 1.807) is 0 Å². The highest BCUT2D eigenvalue weighted by Crippen LogP contribution is 2.30. The van der Waals surface area contributed by atoms with Gasteiger partial charge < -0.3 is 10.6 Å². The van der Waals surface area contributed by atoms with Crippen molar-refractivity contribution in [2.24, 2.45) is 17.1 Å². The van der Waals surface area contributed by atoms with Gasteiger partial charge in [0, 0.05) is 19.5 Å². The quantitative estimate of drug-likeness (QED) is 0.874. The van der Waals surface area contributed by atoms with E-state index in [2.05, 4.69) is 22.0 Å². The van der Waals surface area contributed by atoms with Gasteiger partial charge in [-0.2, -0.15) is 4.98 Å². The third-order valence-electron chi connectivity index (χ3n) is 5.34. The first kappa shape index (κ1) is 14.8. The number of nitrogens with two attached hydrogens (primary N) is 1. The van der Waals surface area contributed by atoms with E-state index < -0.39 is 0 Å². The standard InChI is InChI=1S/C16H29N5/c1-16(11-17)9-4-10-21(12-16)15-18-14(19-20-15)8-7-13-5-2-3-6-13/h13H,2-12,17H2,1H3,(H,18,19,20). The third kappa shape index (κ3) is 3.57. The molecule has 1 saturated heterocycles. The Balaban J connectivity index is 1.56. The molecule has 118 valence electrons. The number of hydrogen-bond acceptors (Lipinski definition) is 4. The number of nitrogens with zero attached hydrogens (tertiary/aromatic N) is 3. The van der Waals surface area contributed by atoms with Gasteiger partial charge in [0.1, 0.15) is 5.82 Å². The summed E-state index contributed by atoms with van der Waals surface area (Å²) in [6.07, 6.45) is 10.3. The summed E-state index contributed by atoms with van der Waals surface area (Å²) >= 11 is 0. The van der Waals surface area contributed by atoms with Gasteiger partial charge in [-0.3, -0.25) is 5.10 Å². The Kier molecular flexibility index (Phi) is 4.48. The van der Waals surface area contributed by atoms with Gasteiger partial charge >= 0.3 is 0 Å². The third-order valence-corrected chi connectivity index (χ3v) is 5.34. The number of nitrogens with one attached hydrogen (secondary N) is 1. The smallest absolute Gasteiger partial charge is 0.244 e. The molecule has 1 saturated carbocycles. The van der Waals surface area contributed by atoms with Gasteiger partial charge in [0.05, 0.1) is 0 Å². The normalized spacial score (nSPS) is 27.4. The first-order valence-electron chi connectivity index (χ1n) is 8.55. The fourth-order valence-electron chi connectivity index (χ4n) is 3.83. The van der Waals surface area contributed by atoms with E-state index in [1.807, 2.05) is 0 Å². The summed E-state index contributed by atoms with van der Waals surface area (Å²) in [5.41, 5.74) is 6.14. The minimum absolute atomic E-state index is 0.211. The lowest BCUT2D eigenvalue weighted by atomic mass is 9.82. The highest BCUT2D eigenvalue weighted by atomic mass is 15.4. The molecule has 3 rings (SSSR count). The molecule has 2 fully saturated rings. The number of H-pyrrole nitrogens is 1. The summed E-state index contributed by atoms with van der Waals surface area (Å²) in [5, 5.41) is 7.57. The molecule has 1 unspecified atom stereocenters. The molecule has 3 N–H and O–H groups in total. The monoisotopic (exact) mass is 291 g/mol. The first-order valence-corrected chi connectivity index (χ1v) is 8.55. The summed E-state index contributed by atoms with van der Waals surface area (Å²) in [5.74, 6) is 2.83. The molecule has 0 amide bonds. The van der Waals surface area contributed by atoms with E-state index in [0.717, 1.165) is 43.7 Å². The van der Waals surface area contributed by atoms with Crippen LogP contribution in [-0.2, 0) is 6.42 Å². The molecule has 0 aromatic carbocycles. The van der Waals surface area contributed by atoms with Crippen LogP contribution in [0.25, 0.3) is 0 Å². The summed E-state index contributed by atoms with van der Waals surface area (Å²) in [7, 11) is 0. The van der Waals surface area contributed by atoms with Gasteiger partial charge in [-0.1, -0.05) is 32.6 Å². The molecule has 0 radical (unpaired) electrons. The van der Waals surface area contributed by atoms with Crippen molar-refractivity contribution in [2.45, 2.75) is 58.3 Å². The van der Waals surface area contributed by atoms with Crippen LogP contribution in [0.5, 0.6) is 0 Å². The van der Waals surface area contributed by atoms with Crippen LogP contribution in [0, 0.1) is 11.3 Å². The second-order valence-electron chi connectivity index (χ2n) is 7.31. The lowest BCUT2D eigenvalue weighted by Gasteiger charge is -2.39. The Morgan fingerprint density at radius 2 is 2.14 bits per heavy atom. The number of rotatable bonds is 5. The fourth-order valence-corrected chi connectivity index (χ4v) is 3.83. The predicted molar refractivity (Wildman–Crippen MR) is 85.3 cm³/mol. The van der Waals surface area contributed by atoms with Crippen LogP contribution in [0.2, 0.25) is 0 Å².